The molecule has 5 heteroatoms. The van der Waals surface area contributed by atoms with Crippen molar-refractivity contribution in [2.45, 2.75) is 24.5 Å². The van der Waals surface area contributed by atoms with E-state index in [-0.39, 0.29) is 11.4 Å². The lowest BCUT2D eigenvalue weighted by molar-refractivity contribution is -0.126. The van der Waals surface area contributed by atoms with Crippen LogP contribution < -0.4 is 10.6 Å². The molecule has 1 amide bonds. The number of nitrogens with zero attached hydrogens (tertiary/aromatic N) is 1. The lowest BCUT2D eigenvalue weighted by Crippen LogP contribution is -2.51. The number of halogens is 1. The van der Waals surface area contributed by atoms with E-state index in [1.54, 1.807) is 0 Å². The third-order valence-corrected chi connectivity index (χ3v) is 4.65. The third-order valence-electron chi connectivity index (χ3n) is 4.34. The van der Waals surface area contributed by atoms with Crippen LogP contribution in [-0.4, -0.2) is 17.0 Å². The van der Waals surface area contributed by atoms with Crippen molar-refractivity contribution in [2.24, 2.45) is 0 Å². The first kappa shape index (κ1) is 13.5. The van der Waals surface area contributed by atoms with Gasteiger partial charge in [0, 0.05) is 6.20 Å². The zero-order valence-electron chi connectivity index (χ0n) is 11.9. The summed E-state index contributed by atoms with van der Waals surface area (Å²) in [6.45, 7) is 0. The van der Waals surface area contributed by atoms with E-state index in [0.29, 0.717) is 5.16 Å². The predicted molar refractivity (Wildman–Crippen MR) is 85.4 cm³/mol. The van der Waals surface area contributed by atoms with E-state index < -0.39 is 6.17 Å². The molecule has 0 bridgehead atoms. The quantitative estimate of drug-likeness (QED) is 0.843. The summed E-state index contributed by atoms with van der Waals surface area (Å²) in [7, 11) is 0. The second-order valence-corrected chi connectivity index (χ2v) is 6.17. The molecule has 2 heterocycles. The van der Waals surface area contributed by atoms with Crippen molar-refractivity contribution in [1.29, 1.82) is 0 Å². The van der Waals surface area contributed by atoms with Crippen molar-refractivity contribution in [2.75, 3.05) is 0 Å². The molecule has 112 valence electrons. The predicted octanol–water partition coefficient (Wildman–Crippen LogP) is 2.51. The van der Waals surface area contributed by atoms with Gasteiger partial charge >= 0.3 is 0 Å². The Balaban J connectivity index is 1.52. The van der Waals surface area contributed by atoms with Crippen LogP contribution >= 0.6 is 11.6 Å². The van der Waals surface area contributed by atoms with Crippen molar-refractivity contribution >= 4 is 17.5 Å². The van der Waals surface area contributed by atoms with E-state index in [2.05, 4.69) is 22.8 Å². The lowest BCUT2D eigenvalue weighted by Gasteiger charge is -2.27. The van der Waals surface area contributed by atoms with Crippen molar-refractivity contribution in [3.8, 4) is 0 Å². The van der Waals surface area contributed by atoms with Gasteiger partial charge in [-0.15, -0.1) is 0 Å². The second kappa shape index (κ2) is 4.92. The number of amides is 1. The summed E-state index contributed by atoms with van der Waals surface area (Å²) in [6, 6.07) is 10.1. The van der Waals surface area contributed by atoms with E-state index in [9.17, 15) is 4.79 Å². The summed E-state index contributed by atoms with van der Waals surface area (Å²) in [5.74, 6) is -0.0607. The smallest absolute Gasteiger partial charge is 0.264 e. The largest absolute Gasteiger partial charge is 0.346 e. The van der Waals surface area contributed by atoms with Crippen LogP contribution in [0.4, 0.5) is 0 Å². The fourth-order valence-corrected chi connectivity index (χ4v) is 3.26. The Morgan fingerprint density at radius 3 is 2.77 bits per heavy atom. The van der Waals surface area contributed by atoms with Gasteiger partial charge < -0.3 is 15.5 Å². The Bertz CT molecular complexity index is 704. The summed E-state index contributed by atoms with van der Waals surface area (Å²) < 4.78 is 0. The number of carbonyl (C=O) groups is 1. The van der Waals surface area contributed by atoms with Gasteiger partial charge in [-0.25, -0.2) is 0 Å². The van der Waals surface area contributed by atoms with Crippen molar-refractivity contribution in [3.05, 3.63) is 71.2 Å². The minimum atomic E-state index is -0.495. The third kappa shape index (κ3) is 2.11. The van der Waals surface area contributed by atoms with Gasteiger partial charge in [-0.3, -0.25) is 4.79 Å². The Morgan fingerprint density at radius 1 is 1.27 bits per heavy atom. The molecule has 1 aromatic rings. The molecule has 1 fully saturated rings. The van der Waals surface area contributed by atoms with Gasteiger partial charge in [-0.1, -0.05) is 48.0 Å². The number of rotatable bonds is 3. The van der Waals surface area contributed by atoms with Crippen LogP contribution in [0.1, 0.15) is 18.4 Å². The summed E-state index contributed by atoms with van der Waals surface area (Å²) in [4.78, 5) is 14.6. The SMILES string of the molecule is O=C(NC1(c2ccccc2)CC1)C1NC(Cl)=C2C=CC=CN21. The summed E-state index contributed by atoms with van der Waals surface area (Å²) in [5.41, 5.74) is 1.77. The second-order valence-electron chi connectivity index (χ2n) is 5.79. The molecular formula is C17H16ClN3O. The Morgan fingerprint density at radius 2 is 2.05 bits per heavy atom. The van der Waals surface area contributed by atoms with Crippen LogP contribution in [0.15, 0.2) is 65.6 Å². The fraction of sp³-hybridized carbons (Fsp3) is 0.235. The van der Waals surface area contributed by atoms with E-state index >= 15 is 0 Å². The van der Waals surface area contributed by atoms with Crippen molar-refractivity contribution < 1.29 is 4.79 Å². The molecule has 1 aliphatic carbocycles. The average Bonchev–Trinajstić information content (AvgIpc) is 3.26. The maximum atomic E-state index is 12.7. The van der Waals surface area contributed by atoms with Gasteiger partial charge in [0.15, 0.2) is 6.17 Å². The van der Waals surface area contributed by atoms with Crippen LogP contribution in [0.3, 0.4) is 0 Å². The molecule has 3 aliphatic rings. The molecule has 0 aromatic heterocycles. The van der Waals surface area contributed by atoms with Crippen molar-refractivity contribution in [1.82, 2.24) is 15.5 Å². The zero-order valence-corrected chi connectivity index (χ0v) is 12.7. The van der Waals surface area contributed by atoms with Gasteiger partial charge in [0.1, 0.15) is 5.16 Å². The standard InChI is InChI=1S/C17H16ClN3O/c18-14-13-8-4-5-11-21(13)15(19-14)16(22)20-17(9-10-17)12-6-2-1-3-7-12/h1-8,11,15,19H,9-10H2,(H,20,22). The average molecular weight is 314 g/mol. The monoisotopic (exact) mass is 313 g/mol. The summed E-state index contributed by atoms with van der Waals surface area (Å²) >= 11 is 6.19. The van der Waals surface area contributed by atoms with Crippen LogP contribution in [0, 0.1) is 0 Å². The molecular weight excluding hydrogens is 298 g/mol. The van der Waals surface area contributed by atoms with Crippen LogP contribution in [0.2, 0.25) is 0 Å². The highest BCUT2D eigenvalue weighted by atomic mass is 35.5. The van der Waals surface area contributed by atoms with Gasteiger partial charge in [0.2, 0.25) is 0 Å². The Hall–Kier alpha value is -2.20. The first-order valence-electron chi connectivity index (χ1n) is 7.37. The first-order chi connectivity index (χ1) is 10.7. The molecule has 1 saturated carbocycles. The minimum Gasteiger partial charge on any atom is -0.346 e. The number of fused-ring (bicyclic) bond motifs is 1. The molecule has 22 heavy (non-hydrogen) atoms. The molecule has 4 nitrogen and oxygen atoms in total. The molecule has 1 aromatic carbocycles. The molecule has 0 saturated heterocycles. The lowest BCUT2D eigenvalue weighted by atomic mass is 10.0. The van der Waals surface area contributed by atoms with E-state index in [1.807, 2.05) is 47.5 Å². The summed E-state index contributed by atoms with van der Waals surface area (Å²) in [6.07, 6.45) is 9.01. The first-order valence-corrected chi connectivity index (χ1v) is 7.74. The normalized spacial score (nSPS) is 24.0. The number of carbonyl (C=O) groups excluding carboxylic acids is 1. The van der Waals surface area contributed by atoms with E-state index in [4.69, 9.17) is 11.6 Å². The van der Waals surface area contributed by atoms with Crippen LogP contribution in [-0.2, 0) is 10.3 Å². The number of hydrogen-bond donors (Lipinski definition) is 2. The topological polar surface area (TPSA) is 44.4 Å². The van der Waals surface area contributed by atoms with Gasteiger partial charge in [0.05, 0.1) is 11.2 Å². The van der Waals surface area contributed by atoms with Gasteiger partial charge in [0.25, 0.3) is 5.91 Å². The zero-order chi connectivity index (χ0) is 15.2. The number of nitrogens with one attached hydrogen (secondary N) is 2. The highest BCUT2D eigenvalue weighted by Gasteiger charge is 2.47. The van der Waals surface area contributed by atoms with E-state index in [1.165, 1.54) is 0 Å². The maximum absolute atomic E-state index is 12.7. The maximum Gasteiger partial charge on any atom is 0.264 e. The van der Waals surface area contributed by atoms with Crippen LogP contribution in [0.5, 0.6) is 0 Å². The number of allylic oxidation sites excluding steroid dienone is 3. The molecule has 1 atom stereocenters. The Labute approximate surface area is 134 Å². The molecule has 2 N–H and O–H groups in total. The molecule has 4 rings (SSSR count). The summed E-state index contributed by atoms with van der Waals surface area (Å²) in [5, 5.41) is 6.75. The van der Waals surface area contributed by atoms with Crippen molar-refractivity contribution in [3.63, 3.8) is 0 Å². The highest BCUT2D eigenvalue weighted by Crippen LogP contribution is 2.45. The molecule has 2 aliphatic heterocycles. The van der Waals surface area contributed by atoms with Crippen LogP contribution in [0.25, 0.3) is 0 Å². The molecule has 1 unspecified atom stereocenters. The number of hydrogen-bond acceptors (Lipinski definition) is 3. The molecule has 0 spiro atoms. The van der Waals surface area contributed by atoms with Gasteiger partial charge in [-0.05, 0) is 30.6 Å². The Kier molecular flexibility index (Phi) is 3.01. The number of benzene rings is 1. The highest BCUT2D eigenvalue weighted by molar-refractivity contribution is 6.30. The minimum absolute atomic E-state index is 0.0607. The fourth-order valence-electron chi connectivity index (χ4n) is 2.99. The molecule has 0 radical (unpaired) electrons. The van der Waals surface area contributed by atoms with Gasteiger partial charge in [-0.2, -0.15) is 0 Å². The van der Waals surface area contributed by atoms with E-state index in [0.717, 1.165) is 24.1 Å².